The maximum Gasteiger partial charge on any atom is 0.263 e. The zero-order valence-corrected chi connectivity index (χ0v) is 18.5. The summed E-state index contributed by atoms with van der Waals surface area (Å²) in [4.78, 5) is 32.2. The summed E-state index contributed by atoms with van der Waals surface area (Å²) in [5.41, 5.74) is 3.11. The molecule has 2 saturated heterocycles. The van der Waals surface area contributed by atoms with Gasteiger partial charge in [-0.15, -0.1) is 0 Å². The van der Waals surface area contributed by atoms with Crippen molar-refractivity contribution in [1.29, 1.82) is 0 Å². The van der Waals surface area contributed by atoms with E-state index in [0.29, 0.717) is 24.3 Å². The van der Waals surface area contributed by atoms with Gasteiger partial charge in [0.15, 0.2) is 0 Å². The SMILES string of the molecule is COc1ccccc1CN1CCN(c2cccc3c2C(=O)N(C[C@@H]2CCCO2)C3=O)CC1. The fourth-order valence-electron chi connectivity index (χ4n) is 4.96. The maximum atomic E-state index is 13.2. The van der Waals surface area contributed by atoms with E-state index in [1.807, 2.05) is 30.3 Å². The first kappa shape index (κ1) is 21.0. The monoisotopic (exact) mass is 435 g/mol. The van der Waals surface area contributed by atoms with Crippen molar-refractivity contribution in [3.05, 3.63) is 59.2 Å². The number of anilines is 1. The molecular formula is C25H29N3O4. The number of hydrogen-bond donors (Lipinski definition) is 0. The fourth-order valence-corrected chi connectivity index (χ4v) is 4.96. The predicted molar refractivity (Wildman–Crippen MR) is 121 cm³/mol. The zero-order valence-electron chi connectivity index (χ0n) is 18.5. The first-order chi connectivity index (χ1) is 15.7. The highest BCUT2D eigenvalue weighted by Gasteiger charge is 2.40. The minimum absolute atomic E-state index is 0.0424. The molecule has 0 bridgehead atoms. The Kier molecular flexibility index (Phi) is 5.85. The Hall–Kier alpha value is -2.90. The fraction of sp³-hybridized carbons (Fsp3) is 0.440. The molecule has 7 heteroatoms. The number of fused-ring (bicyclic) bond motifs is 1. The summed E-state index contributed by atoms with van der Waals surface area (Å²) in [6, 6.07) is 13.7. The minimum atomic E-state index is -0.197. The van der Waals surface area contributed by atoms with Gasteiger partial charge >= 0.3 is 0 Å². The van der Waals surface area contributed by atoms with Gasteiger partial charge in [-0.1, -0.05) is 24.3 Å². The molecule has 3 aliphatic rings. The molecule has 0 radical (unpaired) electrons. The first-order valence-electron chi connectivity index (χ1n) is 11.4. The molecule has 3 heterocycles. The quantitative estimate of drug-likeness (QED) is 0.651. The normalized spacial score (nSPS) is 21.3. The second-order valence-corrected chi connectivity index (χ2v) is 8.63. The van der Waals surface area contributed by atoms with Gasteiger partial charge < -0.3 is 14.4 Å². The second kappa shape index (κ2) is 8.92. The van der Waals surface area contributed by atoms with Gasteiger partial charge in [0.25, 0.3) is 11.8 Å². The van der Waals surface area contributed by atoms with Crippen LogP contribution in [0.5, 0.6) is 5.75 Å². The van der Waals surface area contributed by atoms with Crippen LogP contribution in [0.4, 0.5) is 5.69 Å². The molecule has 0 saturated carbocycles. The Bertz CT molecular complexity index is 1010. The van der Waals surface area contributed by atoms with Gasteiger partial charge in [0, 0.05) is 44.9 Å². The van der Waals surface area contributed by atoms with Crippen molar-refractivity contribution in [2.24, 2.45) is 0 Å². The van der Waals surface area contributed by atoms with Gasteiger partial charge in [0.1, 0.15) is 5.75 Å². The standard InChI is InChI=1S/C25H29N3O4/c1-31-22-10-3-2-6-18(22)16-26-11-13-27(14-12-26)21-9-4-8-20-23(21)25(30)28(24(20)29)17-19-7-5-15-32-19/h2-4,6,8-10,19H,5,7,11-17H2,1H3/t19-/m0/s1. The van der Waals surface area contributed by atoms with Gasteiger partial charge in [0.05, 0.1) is 36.6 Å². The number of benzene rings is 2. The third kappa shape index (κ3) is 3.87. The average Bonchev–Trinajstić information content (AvgIpc) is 3.43. The van der Waals surface area contributed by atoms with E-state index in [2.05, 4.69) is 15.9 Å². The second-order valence-electron chi connectivity index (χ2n) is 8.63. The summed E-state index contributed by atoms with van der Waals surface area (Å²) < 4.78 is 11.2. The summed E-state index contributed by atoms with van der Waals surface area (Å²) in [5.74, 6) is 0.524. The van der Waals surface area contributed by atoms with Crippen LogP contribution in [0.3, 0.4) is 0 Å². The molecule has 5 rings (SSSR count). The number of rotatable bonds is 6. The molecular weight excluding hydrogens is 406 g/mol. The average molecular weight is 436 g/mol. The molecule has 2 fully saturated rings. The molecule has 2 aromatic rings. The van der Waals surface area contributed by atoms with E-state index in [-0.39, 0.29) is 17.9 Å². The van der Waals surface area contributed by atoms with Crippen LogP contribution in [0.15, 0.2) is 42.5 Å². The number of piperazine rings is 1. The third-order valence-electron chi connectivity index (χ3n) is 6.69. The topological polar surface area (TPSA) is 62.3 Å². The van der Waals surface area contributed by atoms with Gasteiger partial charge in [-0.2, -0.15) is 0 Å². The molecule has 2 aromatic carbocycles. The first-order valence-corrected chi connectivity index (χ1v) is 11.4. The van der Waals surface area contributed by atoms with Crippen LogP contribution < -0.4 is 9.64 Å². The maximum absolute atomic E-state index is 13.2. The van der Waals surface area contributed by atoms with E-state index in [0.717, 1.165) is 57.0 Å². The molecule has 0 aromatic heterocycles. The van der Waals surface area contributed by atoms with Crippen molar-refractivity contribution in [1.82, 2.24) is 9.80 Å². The Morgan fingerprint density at radius 3 is 2.56 bits per heavy atom. The molecule has 2 amide bonds. The number of nitrogens with zero attached hydrogens (tertiary/aromatic N) is 3. The third-order valence-corrected chi connectivity index (χ3v) is 6.69. The molecule has 1 atom stereocenters. The van der Waals surface area contributed by atoms with Crippen molar-refractivity contribution in [3.8, 4) is 5.75 Å². The van der Waals surface area contributed by atoms with E-state index < -0.39 is 0 Å². The van der Waals surface area contributed by atoms with E-state index in [4.69, 9.17) is 9.47 Å². The molecule has 0 aliphatic carbocycles. The highest BCUT2D eigenvalue weighted by molar-refractivity contribution is 6.23. The molecule has 7 nitrogen and oxygen atoms in total. The van der Waals surface area contributed by atoms with Crippen LogP contribution in [-0.4, -0.2) is 74.2 Å². The van der Waals surface area contributed by atoms with Gasteiger partial charge in [-0.25, -0.2) is 0 Å². The summed E-state index contributed by atoms with van der Waals surface area (Å²) in [5, 5.41) is 0. The number of carbonyl (C=O) groups is 2. The predicted octanol–water partition coefficient (Wildman–Crippen LogP) is 2.79. The lowest BCUT2D eigenvalue weighted by Gasteiger charge is -2.37. The Labute approximate surface area is 188 Å². The van der Waals surface area contributed by atoms with Gasteiger partial charge in [-0.3, -0.25) is 19.4 Å². The highest BCUT2D eigenvalue weighted by Crippen LogP contribution is 2.33. The molecule has 0 N–H and O–H groups in total. The number of amides is 2. The smallest absolute Gasteiger partial charge is 0.263 e. The number of para-hydroxylation sites is 1. The van der Waals surface area contributed by atoms with Crippen LogP contribution in [0.1, 0.15) is 39.1 Å². The molecule has 168 valence electrons. The van der Waals surface area contributed by atoms with Gasteiger partial charge in [0.2, 0.25) is 0 Å². The molecule has 32 heavy (non-hydrogen) atoms. The van der Waals surface area contributed by atoms with Crippen LogP contribution in [0.25, 0.3) is 0 Å². The van der Waals surface area contributed by atoms with Gasteiger partial charge in [-0.05, 0) is 31.0 Å². The molecule has 3 aliphatic heterocycles. The molecule has 0 unspecified atom stereocenters. The lowest BCUT2D eigenvalue weighted by Crippen LogP contribution is -2.46. The van der Waals surface area contributed by atoms with E-state index in [1.165, 1.54) is 10.5 Å². The minimum Gasteiger partial charge on any atom is -0.496 e. The lowest BCUT2D eigenvalue weighted by molar-refractivity contribution is 0.0475. The number of methoxy groups -OCH3 is 1. The van der Waals surface area contributed by atoms with Crippen molar-refractivity contribution in [3.63, 3.8) is 0 Å². The number of imide groups is 1. The van der Waals surface area contributed by atoms with Crippen molar-refractivity contribution in [2.75, 3.05) is 51.3 Å². The molecule has 0 spiro atoms. The number of hydrogen-bond acceptors (Lipinski definition) is 6. The number of carbonyl (C=O) groups excluding carboxylic acids is 2. The highest BCUT2D eigenvalue weighted by atomic mass is 16.5. The Morgan fingerprint density at radius 2 is 1.81 bits per heavy atom. The summed E-state index contributed by atoms with van der Waals surface area (Å²) in [6.45, 7) is 5.25. The Balaban J connectivity index is 1.28. The zero-order chi connectivity index (χ0) is 22.1. The largest absolute Gasteiger partial charge is 0.496 e. The van der Waals surface area contributed by atoms with E-state index in [9.17, 15) is 9.59 Å². The van der Waals surface area contributed by atoms with Crippen LogP contribution in [-0.2, 0) is 11.3 Å². The summed E-state index contributed by atoms with van der Waals surface area (Å²) >= 11 is 0. The van der Waals surface area contributed by atoms with Crippen molar-refractivity contribution in [2.45, 2.75) is 25.5 Å². The van der Waals surface area contributed by atoms with Crippen molar-refractivity contribution < 1.29 is 19.1 Å². The van der Waals surface area contributed by atoms with E-state index >= 15 is 0 Å². The van der Waals surface area contributed by atoms with E-state index in [1.54, 1.807) is 13.2 Å². The van der Waals surface area contributed by atoms with Crippen LogP contribution in [0, 0.1) is 0 Å². The summed E-state index contributed by atoms with van der Waals surface area (Å²) in [6.07, 6.45) is 1.84. The Morgan fingerprint density at radius 1 is 1.00 bits per heavy atom. The number of ether oxygens (including phenoxy) is 2. The van der Waals surface area contributed by atoms with Crippen molar-refractivity contribution >= 4 is 17.5 Å². The van der Waals surface area contributed by atoms with Crippen LogP contribution >= 0.6 is 0 Å². The lowest BCUT2D eigenvalue weighted by atomic mass is 10.1. The van der Waals surface area contributed by atoms with Crippen LogP contribution in [0.2, 0.25) is 0 Å². The summed E-state index contributed by atoms with van der Waals surface area (Å²) in [7, 11) is 1.70.